The maximum atomic E-state index is 12.3. The first-order chi connectivity index (χ1) is 13.1. The third-order valence-electron chi connectivity index (χ3n) is 4.57. The number of carbonyl (C=O) groups is 1. The lowest BCUT2D eigenvalue weighted by molar-refractivity contribution is -0.122. The van der Waals surface area contributed by atoms with E-state index in [0.29, 0.717) is 6.54 Å². The van der Waals surface area contributed by atoms with Gasteiger partial charge in [0.25, 0.3) is 0 Å². The van der Waals surface area contributed by atoms with Crippen molar-refractivity contribution in [3.05, 3.63) is 48.2 Å². The van der Waals surface area contributed by atoms with Gasteiger partial charge in [-0.3, -0.25) is 9.78 Å². The molecule has 3 heterocycles. The Hall–Kier alpha value is -2.96. The van der Waals surface area contributed by atoms with E-state index in [0.717, 1.165) is 47.9 Å². The lowest BCUT2D eigenvalue weighted by Crippen LogP contribution is -2.43. The van der Waals surface area contributed by atoms with Gasteiger partial charge in [0.1, 0.15) is 17.7 Å². The molecule has 3 rings (SSSR count). The normalized spacial score (nSPS) is 17.1. The number of amides is 1. The minimum Gasteiger partial charge on any atom is -0.355 e. The third kappa shape index (κ3) is 4.61. The smallest absolute Gasteiger partial charge is 0.242 e. The Labute approximate surface area is 159 Å². The Morgan fingerprint density at radius 1 is 1.33 bits per heavy atom. The number of allylic oxidation sites excluding steroid dienone is 1. The van der Waals surface area contributed by atoms with E-state index in [4.69, 9.17) is 4.98 Å². The van der Waals surface area contributed by atoms with Crippen LogP contribution in [-0.4, -0.2) is 40.0 Å². The van der Waals surface area contributed by atoms with E-state index in [1.54, 1.807) is 12.4 Å². The first-order valence-corrected chi connectivity index (χ1v) is 9.31. The second kappa shape index (κ2) is 8.62. The van der Waals surface area contributed by atoms with E-state index in [2.05, 4.69) is 20.6 Å². The Morgan fingerprint density at radius 2 is 2.19 bits per heavy atom. The number of hydrogen-bond donors (Lipinski definition) is 2. The number of rotatable bonds is 6. The van der Waals surface area contributed by atoms with Crippen molar-refractivity contribution >= 4 is 23.1 Å². The molecule has 1 aliphatic heterocycles. The Balaban J connectivity index is 1.75. The lowest BCUT2D eigenvalue weighted by Gasteiger charge is -2.24. The highest BCUT2D eigenvalue weighted by molar-refractivity contribution is 5.85. The zero-order chi connectivity index (χ0) is 19.2. The molecule has 1 saturated heterocycles. The number of anilines is 2. The van der Waals surface area contributed by atoms with Crippen LogP contribution >= 0.6 is 0 Å². The summed E-state index contributed by atoms with van der Waals surface area (Å²) in [6, 6.07) is 3.77. The zero-order valence-electron chi connectivity index (χ0n) is 16.1. The van der Waals surface area contributed by atoms with Gasteiger partial charge in [-0.25, -0.2) is 9.97 Å². The number of aromatic nitrogens is 3. The third-order valence-corrected chi connectivity index (χ3v) is 4.57. The highest BCUT2D eigenvalue weighted by Gasteiger charge is 2.31. The molecule has 0 unspecified atom stereocenters. The standard InChI is InChI=1S/C20H26N6O/c1-4-22-20(27)17-6-5-9-26(17)19-13-21-12-16(25-19)15(3)11-24-18-8-7-14(2)10-23-18/h7-8,10-13,17H,4-6,9H2,1-3H3,(H,22,27)(H,23,24)/b15-11+/t17-/m1/s1. The van der Waals surface area contributed by atoms with Gasteiger partial charge in [-0.15, -0.1) is 0 Å². The molecule has 1 amide bonds. The van der Waals surface area contributed by atoms with Crippen molar-refractivity contribution in [2.75, 3.05) is 23.3 Å². The Bertz CT molecular complexity index is 817. The lowest BCUT2D eigenvalue weighted by atomic mass is 10.2. The molecule has 0 radical (unpaired) electrons. The van der Waals surface area contributed by atoms with Gasteiger partial charge in [0, 0.05) is 25.5 Å². The fourth-order valence-corrected chi connectivity index (χ4v) is 3.10. The molecule has 1 atom stereocenters. The molecule has 1 fully saturated rings. The second-order valence-electron chi connectivity index (χ2n) is 6.70. The summed E-state index contributed by atoms with van der Waals surface area (Å²) in [5.74, 6) is 1.57. The van der Waals surface area contributed by atoms with Gasteiger partial charge < -0.3 is 15.5 Å². The number of carbonyl (C=O) groups excluding carboxylic acids is 1. The Morgan fingerprint density at radius 3 is 2.93 bits per heavy atom. The summed E-state index contributed by atoms with van der Waals surface area (Å²) in [5.41, 5.74) is 2.83. The quantitative estimate of drug-likeness (QED) is 0.818. The van der Waals surface area contributed by atoms with Crippen molar-refractivity contribution in [3.8, 4) is 0 Å². The molecule has 0 aromatic carbocycles. The molecule has 0 bridgehead atoms. The van der Waals surface area contributed by atoms with Crippen molar-refractivity contribution in [3.63, 3.8) is 0 Å². The van der Waals surface area contributed by atoms with Crippen LogP contribution in [0.25, 0.3) is 5.57 Å². The minimum absolute atomic E-state index is 0.0570. The van der Waals surface area contributed by atoms with Crippen LogP contribution in [0.3, 0.4) is 0 Å². The summed E-state index contributed by atoms with van der Waals surface area (Å²) in [4.78, 5) is 27.7. The van der Waals surface area contributed by atoms with E-state index >= 15 is 0 Å². The minimum atomic E-state index is -0.173. The van der Waals surface area contributed by atoms with Crippen LogP contribution < -0.4 is 15.5 Å². The van der Waals surface area contributed by atoms with Crippen molar-refractivity contribution in [1.82, 2.24) is 20.3 Å². The molecule has 2 N–H and O–H groups in total. The molecule has 142 valence electrons. The maximum Gasteiger partial charge on any atom is 0.242 e. The summed E-state index contributed by atoms with van der Waals surface area (Å²) < 4.78 is 0. The summed E-state index contributed by atoms with van der Waals surface area (Å²) in [7, 11) is 0. The van der Waals surface area contributed by atoms with Crippen LogP contribution in [0.5, 0.6) is 0 Å². The summed E-state index contributed by atoms with van der Waals surface area (Å²) in [6.45, 7) is 7.36. The highest BCUT2D eigenvalue weighted by atomic mass is 16.2. The predicted octanol–water partition coefficient (Wildman–Crippen LogP) is 2.76. The largest absolute Gasteiger partial charge is 0.355 e. The molecule has 7 nitrogen and oxygen atoms in total. The molecule has 2 aromatic heterocycles. The van der Waals surface area contributed by atoms with Gasteiger partial charge in [0.05, 0.1) is 18.1 Å². The summed E-state index contributed by atoms with van der Waals surface area (Å²) in [5, 5.41) is 6.09. The number of aryl methyl sites for hydroxylation is 1. The monoisotopic (exact) mass is 366 g/mol. The molecule has 7 heteroatoms. The zero-order valence-corrected chi connectivity index (χ0v) is 16.1. The summed E-state index contributed by atoms with van der Waals surface area (Å²) in [6.07, 6.45) is 8.97. The summed E-state index contributed by atoms with van der Waals surface area (Å²) >= 11 is 0. The molecular weight excluding hydrogens is 340 g/mol. The van der Waals surface area contributed by atoms with Crippen LogP contribution in [0.15, 0.2) is 36.9 Å². The number of hydrogen-bond acceptors (Lipinski definition) is 6. The van der Waals surface area contributed by atoms with Gasteiger partial charge >= 0.3 is 0 Å². The molecule has 27 heavy (non-hydrogen) atoms. The highest BCUT2D eigenvalue weighted by Crippen LogP contribution is 2.24. The van der Waals surface area contributed by atoms with Crippen LogP contribution in [0.2, 0.25) is 0 Å². The molecule has 2 aromatic rings. The molecular formula is C20H26N6O. The van der Waals surface area contributed by atoms with Crippen molar-refractivity contribution in [2.24, 2.45) is 0 Å². The number of nitrogens with zero attached hydrogens (tertiary/aromatic N) is 4. The average Bonchev–Trinajstić information content (AvgIpc) is 3.18. The van der Waals surface area contributed by atoms with Crippen molar-refractivity contribution < 1.29 is 4.79 Å². The van der Waals surface area contributed by atoms with E-state index in [-0.39, 0.29) is 11.9 Å². The van der Waals surface area contributed by atoms with Crippen LogP contribution in [0.1, 0.15) is 37.9 Å². The van der Waals surface area contributed by atoms with Gasteiger partial charge in [0.2, 0.25) is 5.91 Å². The van der Waals surface area contributed by atoms with Crippen LogP contribution in [0, 0.1) is 6.92 Å². The van der Waals surface area contributed by atoms with Crippen molar-refractivity contribution in [2.45, 2.75) is 39.7 Å². The average molecular weight is 366 g/mol. The number of likely N-dealkylation sites (N-methyl/N-ethyl adjacent to an activating group) is 1. The van der Waals surface area contributed by atoms with Gasteiger partial charge in [-0.1, -0.05) is 6.07 Å². The van der Waals surface area contributed by atoms with E-state index in [9.17, 15) is 4.79 Å². The molecule has 1 aliphatic rings. The van der Waals surface area contributed by atoms with E-state index in [1.165, 1.54) is 0 Å². The van der Waals surface area contributed by atoms with E-state index in [1.807, 2.05) is 50.2 Å². The van der Waals surface area contributed by atoms with Crippen molar-refractivity contribution in [1.29, 1.82) is 0 Å². The molecule has 0 spiro atoms. The fourth-order valence-electron chi connectivity index (χ4n) is 3.10. The SMILES string of the molecule is CCNC(=O)[C@H]1CCCN1c1cncc(/C(C)=C/Nc2ccc(C)cn2)n1. The van der Waals surface area contributed by atoms with E-state index < -0.39 is 0 Å². The first-order valence-electron chi connectivity index (χ1n) is 9.31. The molecule has 0 saturated carbocycles. The second-order valence-corrected chi connectivity index (χ2v) is 6.70. The fraction of sp³-hybridized carbons (Fsp3) is 0.400. The number of pyridine rings is 1. The topological polar surface area (TPSA) is 83.0 Å². The van der Waals surface area contributed by atoms with Gasteiger partial charge in [0.15, 0.2) is 0 Å². The number of nitrogens with one attached hydrogen (secondary N) is 2. The van der Waals surface area contributed by atoms with Crippen LogP contribution in [0.4, 0.5) is 11.6 Å². The maximum absolute atomic E-state index is 12.3. The van der Waals surface area contributed by atoms with Crippen LogP contribution in [-0.2, 0) is 4.79 Å². The Kier molecular flexibility index (Phi) is 6.01. The van der Waals surface area contributed by atoms with Gasteiger partial charge in [-0.2, -0.15) is 0 Å². The van der Waals surface area contributed by atoms with Gasteiger partial charge in [-0.05, 0) is 50.8 Å². The first kappa shape index (κ1) is 18.8. The molecule has 0 aliphatic carbocycles. The predicted molar refractivity (Wildman–Crippen MR) is 107 cm³/mol.